The Bertz CT molecular complexity index is 42.0. The lowest BCUT2D eigenvalue weighted by atomic mass is 10.0. The quantitative estimate of drug-likeness (QED) is 0.494. The predicted octanol–water partition coefficient (Wildman–Crippen LogP) is 3.24. The molecule has 0 aromatic carbocycles. The van der Waals surface area contributed by atoms with Gasteiger partial charge in [0.2, 0.25) is 0 Å². The summed E-state index contributed by atoms with van der Waals surface area (Å²) in [5, 5.41) is 0. The summed E-state index contributed by atoms with van der Waals surface area (Å²) in [6.07, 6.45) is 4.50. The van der Waals surface area contributed by atoms with Crippen LogP contribution in [0.1, 0.15) is 34.1 Å². The highest BCUT2D eigenvalue weighted by molar-refractivity contribution is 4.75. The molecular weight excluding hydrogens is 96.1 g/mol. The van der Waals surface area contributed by atoms with Crippen LogP contribution >= 0.6 is 0 Å². The van der Waals surface area contributed by atoms with E-state index in [9.17, 15) is 0 Å². The Balaban J connectivity index is 0. The van der Waals surface area contributed by atoms with Crippen LogP contribution in [0.2, 0.25) is 0 Å². The minimum Gasteiger partial charge on any atom is -0.103 e. The minimum absolute atomic E-state index is 0. The molecule has 0 fully saturated rings. The van der Waals surface area contributed by atoms with Crippen LogP contribution in [0.3, 0.4) is 0 Å². The highest BCUT2D eigenvalue weighted by Crippen LogP contribution is 2.06. The van der Waals surface area contributed by atoms with Gasteiger partial charge in [0, 0.05) is 0 Å². The molecule has 0 heteroatoms. The second-order valence-corrected chi connectivity index (χ2v) is 1.81. The van der Waals surface area contributed by atoms with Crippen molar-refractivity contribution in [3.05, 3.63) is 12.7 Å². The normalized spacial score (nSPS) is 8.38. The van der Waals surface area contributed by atoms with Crippen molar-refractivity contribution in [1.82, 2.24) is 0 Å². The van der Waals surface area contributed by atoms with E-state index in [1.165, 1.54) is 12.8 Å². The first-order valence-corrected chi connectivity index (χ1v) is 2.97. The van der Waals surface area contributed by atoms with Crippen molar-refractivity contribution in [3.8, 4) is 0 Å². The summed E-state index contributed by atoms with van der Waals surface area (Å²) in [5.41, 5.74) is 0. The lowest BCUT2D eigenvalue weighted by molar-refractivity contribution is 0.607. The molecule has 0 aliphatic heterocycles. The van der Waals surface area contributed by atoms with E-state index >= 15 is 0 Å². The van der Waals surface area contributed by atoms with E-state index in [1.54, 1.807) is 0 Å². The molecule has 0 radical (unpaired) electrons. The van der Waals surface area contributed by atoms with Crippen molar-refractivity contribution in [2.75, 3.05) is 0 Å². The predicted molar refractivity (Wildman–Crippen MR) is 41.0 cm³/mol. The molecule has 0 atom stereocenters. The molecule has 0 saturated carbocycles. The fourth-order valence-electron chi connectivity index (χ4n) is 0.622. The van der Waals surface area contributed by atoms with Crippen molar-refractivity contribution in [2.45, 2.75) is 34.1 Å². The topological polar surface area (TPSA) is 0 Å². The second-order valence-electron chi connectivity index (χ2n) is 1.81. The van der Waals surface area contributed by atoms with E-state index < -0.39 is 0 Å². The molecule has 0 aliphatic rings. The van der Waals surface area contributed by atoms with Crippen molar-refractivity contribution in [2.24, 2.45) is 5.92 Å². The van der Waals surface area contributed by atoms with Gasteiger partial charge < -0.3 is 0 Å². The van der Waals surface area contributed by atoms with Gasteiger partial charge in [-0.15, -0.1) is 6.58 Å². The third-order valence-corrected chi connectivity index (χ3v) is 1.38. The summed E-state index contributed by atoms with van der Waals surface area (Å²) in [7, 11) is 0. The Kier molecular flexibility index (Phi) is 8.99. The van der Waals surface area contributed by atoms with Gasteiger partial charge in [-0.25, -0.2) is 0 Å². The minimum atomic E-state index is 0. The Morgan fingerprint density at radius 3 is 1.75 bits per heavy atom. The van der Waals surface area contributed by atoms with Crippen LogP contribution in [0.25, 0.3) is 0 Å². The molecule has 50 valence electrons. The number of hydrogen-bond acceptors (Lipinski definition) is 0. The Labute approximate surface area is 53.6 Å². The monoisotopic (exact) mass is 114 g/mol. The van der Waals surface area contributed by atoms with E-state index in [0.29, 0.717) is 0 Å². The van der Waals surface area contributed by atoms with Crippen LogP contribution in [-0.2, 0) is 0 Å². The number of hydrogen-bond donors (Lipinski definition) is 0. The zero-order chi connectivity index (χ0) is 5.70. The molecule has 0 spiro atoms. The molecule has 0 amide bonds. The van der Waals surface area contributed by atoms with Crippen molar-refractivity contribution in [1.29, 1.82) is 0 Å². The first-order chi connectivity index (χ1) is 3.35. The van der Waals surface area contributed by atoms with Gasteiger partial charge in [-0.2, -0.15) is 0 Å². The van der Waals surface area contributed by atoms with Crippen LogP contribution in [0.15, 0.2) is 12.7 Å². The first-order valence-electron chi connectivity index (χ1n) is 2.97. The van der Waals surface area contributed by atoms with Gasteiger partial charge in [-0.05, 0) is 18.8 Å². The van der Waals surface area contributed by atoms with Crippen molar-refractivity contribution in [3.63, 3.8) is 0 Å². The Morgan fingerprint density at radius 2 is 1.75 bits per heavy atom. The fourth-order valence-corrected chi connectivity index (χ4v) is 0.622. The third kappa shape index (κ3) is 3.91. The molecule has 0 aromatic rings. The smallest absolute Gasteiger partial charge is 0.0241 e. The van der Waals surface area contributed by atoms with Crippen molar-refractivity contribution >= 4 is 0 Å². The average Bonchev–Trinajstić information content (AvgIpc) is 1.72. The van der Waals surface area contributed by atoms with Crippen LogP contribution in [0.5, 0.6) is 0 Å². The summed E-state index contributed by atoms with van der Waals surface area (Å²) in [5.74, 6) is 0.750. The maximum Gasteiger partial charge on any atom is -0.0241 e. The summed E-state index contributed by atoms with van der Waals surface area (Å²) in [4.78, 5) is 0. The molecule has 0 unspecified atom stereocenters. The molecule has 0 N–H and O–H groups in total. The summed E-state index contributed by atoms with van der Waals surface area (Å²) in [6.45, 7) is 8.08. The second kappa shape index (κ2) is 6.74. The summed E-state index contributed by atoms with van der Waals surface area (Å²) < 4.78 is 0. The third-order valence-electron chi connectivity index (χ3n) is 1.38. The van der Waals surface area contributed by atoms with Crippen molar-refractivity contribution < 1.29 is 0 Å². The largest absolute Gasteiger partial charge is 0.103 e. The van der Waals surface area contributed by atoms with Crippen LogP contribution < -0.4 is 0 Å². The standard InChI is InChI=1S/C7H14.CH4/c1-4-7(5-2)6-3;/h4,7H,1,5-6H2,2-3H3;1H4. The zero-order valence-corrected chi connectivity index (χ0v) is 5.28. The number of rotatable bonds is 3. The van der Waals surface area contributed by atoms with E-state index in [0.717, 1.165) is 5.92 Å². The van der Waals surface area contributed by atoms with Crippen LogP contribution in [-0.4, -0.2) is 0 Å². The Morgan fingerprint density at radius 1 is 1.38 bits per heavy atom. The number of allylic oxidation sites excluding steroid dienone is 1. The molecule has 0 rings (SSSR count). The van der Waals surface area contributed by atoms with E-state index in [4.69, 9.17) is 0 Å². The lowest BCUT2D eigenvalue weighted by Crippen LogP contribution is -1.87. The highest BCUT2D eigenvalue weighted by atomic mass is 14.0. The van der Waals surface area contributed by atoms with Gasteiger partial charge in [0.25, 0.3) is 0 Å². The van der Waals surface area contributed by atoms with Gasteiger partial charge in [0.15, 0.2) is 0 Å². The first kappa shape index (κ1) is 10.7. The van der Waals surface area contributed by atoms with Crippen LogP contribution in [0, 0.1) is 5.92 Å². The molecule has 0 aliphatic carbocycles. The van der Waals surface area contributed by atoms with Gasteiger partial charge in [-0.3, -0.25) is 0 Å². The maximum absolute atomic E-state index is 3.70. The summed E-state index contributed by atoms with van der Waals surface area (Å²) in [6, 6.07) is 0. The maximum atomic E-state index is 3.70. The molecular formula is C8H18. The highest BCUT2D eigenvalue weighted by Gasteiger charge is 1.92. The van der Waals surface area contributed by atoms with Crippen LogP contribution in [0.4, 0.5) is 0 Å². The molecule has 0 aromatic heterocycles. The lowest BCUT2D eigenvalue weighted by Gasteiger charge is -2.01. The molecule has 8 heavy (non-hydrogen) atoms. The molecule has 0 nitrogen and oxygen atoms in total. The summed E-state index contributed by atoms with van der Waals surface area (Å²) >= 11 is 0. The average molecular weight is 114 g/mol. The van der Waals surface area contributed by atoms with E-state index in [1.807, 2.05) is 6.08 Å². The zero-order valence-electron chi connectivity index (χ0n) is 5.28. The van der Waals surface area contributed by atoms with Gasteiger partial charge in [-0.1, -0.05) is 27.4 Å². The van der Waals surface area contributed by atoms with Gasteiger partial charge in [0.05, 0.1) is 0 Å². The van der Waals surface area contributed by atoms with Gasteiger partial charge >= 0.3 is 0 Å². The molecule has 0 saturated heterocycles. The Hall–Kier alpha value is -0.260. The molecule has 0 heterocycles. The van der Waals surface area contributed by atoms with E-state index in [2.05, 4.69) is 20.4 Å². The van der Waals surface area contributed by atoms with Gasteiger partial charge in [0.1, 0.15) is 0 Å². The fraction of sp³-hybridized carbons (Fsp3) is 0.750. The van der Waals surface area contributed by atoms with E-state index in [-0.39, 0.29) is 7.43 Å². The SMILES string of the molecule is C.C=CC(CC)CC. The molecule has 0 bridgehead atoms.